The van der Waals surface area contributed by atoms with Crippen LogP contribution in [-0.4, -0.2) is 14.5 Å². The standard InChI is InChI=1S/C72H47N7/c73-48-57-43-56(52-33-31-50(32-34-52)51-35-37-54(38-36-51)68-47-67(53-19-7-1-8-20-53)75-72(76-68)55-21-9-2-10-22-55)44-58(49-74)71(57)79-69-41-39-63(77(59-23-11-3-12-24-59)60-25-13-4-14-26-60)45-65(69)66-46-64(40-42-70(66)79)78(61-27-15-5-16-28-61)62-29-17-6-18-30-62/h1-47H. The number of rotatable bonds is 12. The van der Waals surface area contributed by atoms with Gasteiger partial charge in [0, 0.05) is 61.6 Å². The fourth-order valence-electron chi connectivity index (χ4n) is 10.7. The monoisotopic (exact) mass is 1010 g/mol. The highest BCUT2D eigenvalue weighted by Crippen LogP contribution is 2.44. The van der Waals surface area contributed by atoms with E-state index in [4.69, 9.17) is 9.97 Å². The lowest BCUT2D eigenvalue weighted by Gasteiger charge is -2.26. The second-order valence-corrected chi connectivity index (χ2v) is 19.2. The Balaban J connectivity index is 0.896. The molecule has 11 aromatic carbocycles. The lowest BCUT2D eigenvalue weighted by Crippen LogP contribution is -2.09. The summed E-state index contributed by atoms with van der Waals surface area (Å²) in [7, 11) is 0. The van der Waals surface area contributed by atoms with Crippen molar-refractivity contribution in [1.82, 2.24) is 14.5 Å². The molecule has 0 aliphatic rings. The van der Waals surface area contributed by atoms with E-state index in [0.29, 0.717) is 22.6 Å². The largest absolute Gasteiger partial charge is 0.310 e. The minimum Gasteiger partial charge on any atom is -0.310 e. The van der Waals surface area contributed by atoms with E-state index in [1.54, 1.807) is 0 Å². The van der Waals surface area contributed by atoms with Gasteiger partial charge in [-0.3, -0.25) is 0 Å². The Labute approximate surface area is 458 Å². The lowest BCUT2D eigenvalue weighted by atomic mass is 9.95. The molecular weight excluding hydrogens is 963 g/mol. The summed E-state index contributed by atoms with van der Waals surface area (Å²) in [6, 6.07) is 102. The van der Waals surface area contributed by atoms with Crippen LogP contribution in [-0.2, 0) is 0 Å². The third kappa shape index (κ3) is 9.21. The number of nitriles is 2. The number of benzene rings is 11. The maximum Gasteiger partial charge on any atom is 0.160 e. The summed E-state index contributed by atoms with van der Waals surface area (Å²) in [4.78, 5) is 14.5. The molecule has 79 heavy (non-hydrogen) atoms. The van der Waals surface area contributed by atoms with Crippen molar-refractivity contribution in [2.45, 2.75) is 0 Å². The Morgan fingerprint density at radius 2 is 0.620 bits per heavy atom. The molecule has 0 saturated heterocycles. The van der Waals surface area contributed by atoms with Gasteiger partial charge < -0.3 is 14.4 Å². The summed E-state index contributed by atoms with van der Waals surface area (Å²) in [5.41, 5.74) is 17.5. The molecule has 0 aliphatic heterocycles. The Bertz CT molecular complexity index is 4090. The average Bonchev–Trinajstić information content (AvgIpc) is 3.92. The molecule has 0 unspecified atom stereocenters. The van der Waals surface area contributed by atoms with Gasteiger partial charge in [0.25, 0.3) is 0 Å². The molecule has 0 spiro atoms. The van der Waals surface area contributed by atoms with Gasteiger partial charge in [0.15, 0.2) is 5.82 Å². The van der Waals surface area contributed by atoms with Gasteiger partial charge in [0.1, 0.15) is 12.1 Å². The SMILES string of the molecule is N#Cc1cc(-c2ccc(-c3ccc(-c4cc(-c5ccccc5)nc(-c5ccccc5)n4)cc3)cc2)cc(C#N)c1-n1c2ccc(N(c3ccccc3)c3ccccc3)cc2c2cc(N(c3ccccc3)c3ccccc3)ccc21. The summed E-state index contributed by atoms with van der Waals surface area (Å²) in [5.74, 6) is 0.672. The first-order chi connectivity index (χ1) is 39.1. The fraction of sp³-hybridized carbons (Fsp3) is 0. The summed E-state index contributed by atoms with van der Waals surface area (Å²) < 4.78 is 2.10. The number of hydrogen-bond donors (Lipinski definition) is 0. The van der Waals surface area contributed by atoms with Gasteiger partial charge >= 0.3 is 0 Å². The van der Waals surface area contributed by atoms with Crippen LogP contribution < -0.4 is 9.80 Å². The molecule has 13 aromatic rings. The third-order valence-corrected chi connectivity index (χ3v) is 14.4. The molecule has 7 heteroatoms. The molecule has 0 amide bonds. The van der Waals surface area contributed by atoms with Crippen molar-refractivity contribution in [3.05, 3.63) is 296 Å². The highest BCUT2D eigenvalue weighted by Gasteiger charge is 2.24. The first-order valence-corrected chi connectivity index (χ1v) is 26.2. The smallest absolute Gasteiger partial charge is 0.160 e. The van der Waals surface area contributed by atoms with E-state index in [2.05, 4.69) is 221 Å². The number of nitrogens with zero attached hydrogens (tertiary/aromatic N) is 7. The lowest BCUT2D eigenvalue weighted by molar-refractivity contribution is 1.15. The summed E-state index contributed by atoms with van der Waals surface area (Å²) in [6.45, 7) is 0. The zero-order valence-corrected chi connectivity index (χ0v) is 42.8. The molecule has 0 atom stereocenters. The minimum absolute atomic E-state index is 0.390. The molecule has 2 aromatic heterocycles. The van der Waals surface area contributed by atoms with Gasteiger partial charge in [-0.2, -0.15) is 10.5 Å². The molecule has 13 rings (SSSR count). The van der Waals surface area contributed by atoms with Crippen LogP contribution in [0.3, 0.4) is 0 Å². The number of aromatic nitrogens is 3. The summed E-state index contributed by atoms with van der Waals surface area (Å²) in [5, 5.41) is 24.2. The number of hydrogen-bond acceptors (Lipinski definition) is 6. The third-order valence-electron chi connectivity index (χ3n) is 14.4. The fourth-order valence-corrected chi connectivity index (χ4v) is 10.7. The molecule has 0 bridgehead atoms. The van der Waals surface area contributed by atoms with Gasteiger partial charge in [-0.25, -0.2) is 9.97 Å². The van der Waals surface area contributed by atoms with Crippen molar-refractivity contribution in [2.75, 3.05) is 9.80 Å². The minimum atomic E-state index is 0.390. The van der Waals surface area contributed by atoms with Crippen LogP contribution in [0.25, 0.3) is 83.6 Å². The first kappa shape index (κ1) is 47.6. The van der Waals surface area contributed by atoms with Crippen LogP contribution in [0.4, 0.5) is 34.1 Å². The van der Waals surface area contributed by atoms with Gasteiger partial charge in [-0.1, -0.05) is 182 Å². The van der Waals surface area contributed by atoms with E-state index in [9.17, 15) is 10.5 Å². The Kier molecular flexibility index (Phi) is 12.6. The van der Waals surface area contributed by atoms with Crippen molar-refractivity contribution >= 4 is 55.9 Å². The predicted octanol–water partition coefficient (Wildman–Crippen LogP) is 18.6. The van der Waals surface area contributed by atoms with Crippen molar-refractivity contribution in [3.8, 4) is 74.0 Å². The molecule has 7 nitrogen and oxygen atoms in total. The second-order valence-electron chi connectivity index (χ2n) is 19.2. The quantitative estimate of drug-likeness (QED) is 0.121. The Morgan fingerprint density at radius 3 is 1.00 bits per heavy atom. The molecule has 0 radical (unpaired) electrons. The molecule has 0 fully saturated rings. The molecule has 0 aliphatic carbocycles. The van der Waals surface area contributed by atoms with Crippen LogP contribution in [0.1, 0.15) is 11.1 Å². The van der Waals surface area contributed by atoms with Gasteiger partial charge in [-0.05, 0) is 125 Å². The second kappa shape index (κ2) is 20.9. The summed E-state index contributed by atoms with van der Waals surface area (Å²) >= 11 is 0. The Hall–Kier alpha value is -11.1. The zero-order valence-electron chi connectivity index (χ0n) is 42.8. The van der Waals surface area contributed by atoms with E-state index in [-0.39, 0.29) is 0 Å². The van der Waals surface area contributed by atoms with Crippen LogP contribution in [0.5, 0.6) is 0 Å². The van der Waals surface area contributed by atoms with E-state index < -0.39 is 0 Å². The summed E-state index contributed by atoms with van der Waals surface area (Å²) in [6.07, 6.45) is 0. The zero-order chi connectivity index (χ0) is 53.1. The van der Waals surface area contributed by atoms with E-state index in [1.165, 1.54) is 0 Å². The Morgan fingerprint density at radius 1 is 0.291 bits per heavy atom. The van der Waals surface area contributed by atoms with Crippen LogP contribution >= 0.6 is 0 Å². The topological polar surface area (TPSA) is 84.8 Å². The maximum absolute atomic E-state index is 11.1. The van der Waals surface area contributed by atoms with Gasteiger partial charge in [0.05, 0.1) is 39.2 Å². The van der Waals surface area contributed by atoms with Crippen molar-refractivity contribution in [1.29, 1.82) is 10.5 Å². The first-order valence-electron chi connectivity index (χ1n) is 26.2. The normalized spacial score (nSPS) is 11.0. The van der Waals surface area contributed by atoms with Gasteiger partial charge in [-0.15, -0.1) is 0 Å². The molecular formula is C72H47N7. The molecule has 370 valence electrons. The number of fused-ring (bicyclic) bond motifs is 3. The molecule has 0 saturated carbocycles. The number of anilines is 6. The van der Waals surface area contributed by atoms with E-state index in [0.717, 1.165) is 106 Å². The van der Waals surface area contributed by atoms with Crippen molar-refractivity contribution in [3.63, 3.8) is 0 Å². The average molecular weight is 1010 g/mol. The van der Waals surface area contributed by atoms with Crippen LogP contribution in [0.2, 0.25) is 0 Å². The van der Waals surface area contributed by atoms with Gasteiger partial charge in [0.2, 0.25) is 0 Å². The highest BCUT2D eigenvalue weighted by molar-refractivity contribution is 6.12. The highest BCUT2D eigenvalue weighted by atomic mass is 15.1. The van der Waals surface area contributed by atoms with Crippen molar-refractivity contribution < 1.29 is 0 Å². The van der Waals surface area contributed by atoms with Crippen LogP contribution in [0, 0.1) is 22.7 Å². The van der Waals surface area contributed by atoms with Crippen molar-refractivity contribution in [2.24, 2.45) is 0 Å². The molecule has 0 N–H and O–H groups in total. The molecule has 2 heterocycles. The number of para-hydroxylation sites is 4. The van der Waals surface area contributed by atoms with E-state index in [1.807, 2.05) is 91.0 Å². The predicted molar refractivity (Wildman–Crippen MR) is 322 cm³/mol. The van der Waals surface area contributed by atoms with Crippen LogP contribution in [0.15, 0.2) is 285 Å². The maximum atomic E-state index is 11.1. The van der Waals surface area contributed by atoms with E-state index >= 15 is 0 Å².